The van der Waals surface area contributed by atoms with Crippen LogP contribution in [-0.4, -0.2) is 78.5 Å². The molecule has 0 saturated carbocycles. The number of amides is 2. The van der Waals surface area contributed by atoms with E-state index in [0.717, 1.165) is 37.4 Å². The highest BCUT2D eigenvalue weighted by Crippen LogP contribution is 2.40. The van der Waals surface area contributed by atoms with Gasteiger partial charge in [0.15, 0.2) is 11.5 Å². The molecule has 3 heterocycles. The van der Waals surface area contributed by atoms with E-state index in [4.69, 9.17) is 9.47 Å². The van der Waals surface area contributed by atoms with Crippen LogP contribution in [0.4, 0.5) is 11.5 Å². The molecule has 238 valence electrons. The van der Waals surface area contributed by atoms with Crippen molar-refractivity contribution in [2.45, 2.75) is 31.8 Å². The summed E-state index contributed by atoms with van der Waals surface area (Å²) in [6.45, 7) is 6.09. The normalized spacial score (nSPS) is 16.2. The van der Waals surface area contributed by atoms with Gasteiger partial charge in [-0.15, -0.1) is 0 Å². The van der Waals surface area contributed by atoms with Crippen LogP contribution in [0.15, 0.2) is 85.3 Å². The molecule has 0 spiro atoms. The third kappa shape index (κ3) is 6.25. The van der Waals surface area contributed by atoms with Gasteiger partial charge in [-0.1, -0.05) is 42.5 Å². The van der Waals surface area contributed by atoms with Crippen LogP contribution in [0.1, 0.15) is 63.7 Å². The first-order valence-corrected chi connectivity index (χ1v) is 15.8. The molecule has 46 heavy (non-hydrogen) atoms. The van der Waals surface area contributed by atoms with Crippen molar-refractivity contribution in [2.24, 2.45) is 0 Å². The van der Waals surface area contributed by atoms with Gasteiger partial charge in [0.2, 0.25) is 0 Å². The summed E-state index contributed by atoms with van der Waals surface area (Å²) in [6.07, 6.45) is 6.14. The molecule has 2 atom stereocenters. The molecule has 1 aromatic heterocycles. The van der Waals surface area contributed by atoms with E-state index in [1.807, 2.05) is 36.4 Å². The monoisotopic (exact) mass is 620 g/mol. The van der Waals surface area contributed by atoms with E-state index in [2.05, 4.69) is 56.3 Å². The van der Waals surface area contributed by atoms with Gasteiger partial charge in [0.25, 0.3) is 11.8 Å². The summed E-state index contributed by atoms with van der Waals surface area (Å²) in [5, 5.41) is 3.28. The first-order chi connectivity index (χ1) is 22.5. The van der Waals surface area contributed by atoms with Gasteiger partial charge in [0.1, 0.15) is 5.82 Å². The minimum absolute atomic E-state index is 0.266. The summed E-state index contributed by atoms with van der Waals surface area (Å²) < 4.78 is 11.1. The number of ether oxygens (including phenoxy) is 2. The molecule has 4 aromatic rings. The first-order valence-electron chi connectivity index (χ1n) is 15.8. The Labute approximate surface area is 270 Å². The molecule has 2 aliphatic rings. The molecule has 1 fully saturated rings. The number of carbonyl (C=O) groups is 2. The SMILES string of the molecule is COc1ccc([C@@H](CCCNc2cnccn2)N2C(=O)c3cccc(N4CCN([C@H](C)c5ccccc5)CC4)c3C2=O)cc1OC. The molecular weight excluding hydrogens is 580 g/mol. The molecule has 1 N–H and O–H groups in total. The Kier molecular flexibility index (Phi) is 9.44. The van der Waals surface area contributed by atoms with E-state index in [0.29, 0.717) is 53.9 Å². The predicted molar refractivity (Wildman–Crippen MR) is 178 cm³/mol. The molecule has 0 bridgehead atoms. The summed E-state index contributed by atoms with van der Waals surface area (Å²) in [6, 6.07) is 21.5. The standard InChI is InChI=1S/C36H40N6O4/c1-25(26-9-5-4-6-10-26)40-19-21-41(22-20-40)30-12-7-11-28-34(30)36(44)42(35(28)43)29(13-8-16-38-33-24-37-17-18-39-33)27-14-15-31(45-2)32(23-27)46-3/h4-7,9-12,14-15,17-18,23-25,29H,8,13,16,19-22H2,1-3H3,(H,38,39)/t25-,29-/m1/s1. The molecule has 0 aliphatic carbocycles. The van der Waals surface area contributed by atoms with Crippen LogP contribution in [-0.2, 0) is 0 Å². The first kappa shape index (κ1) is 31.0. The van der Waals surface area contributed by atoms with Gasteiger partial charge in [-0.05, 0) is 55.2 Å². The van der Waals surface area contributed by atoms with Crippen LogP contribution in [0.3, 0.4) is 0 Å². The second-order valence-corrected chi connectivity index (χ2v) is 11.6. The third-order valence-corrected chi connectivity index (χ3v) is 9.04. The van der Waals surface area contributed by atoms with E-state index in [1.165, 1.54) is 10.5 Å². The van der Waals surface area contributed by atoms with E-state index in [9.17, 15) is 9.59 Å². The Hall–Kier alpha value is -4.96. The van der Waals surface area contributed by atoms with Crippen molar-refractivity contribution in [3.05, 3.63) is 108 Å². The number of hydrogen-bond donors (Lipinski definition) is 1. The lowest BCUT2D eigenvalue weighted by atomic mass is 9.99. The van der Waals surface area contributed by atoms with Crippen LogP contribution >= 0.6 is 0 Å². The number of rotatable bonds is 12. The third-order valence-electron chi connectivity index (χ3n) is 9.04. The molecule has 0 radical (unpaired) electrons. The average molecular weight is 621 g/mol. The van der Waals surface area contributed by atoms with Gasteiger partial charge >= 0.3 is 0 Å². The lowest BCUT2D eigenvalue weighted by Crippen LogP contribution is -2.47. The van der Waals surface area contributed by atoms with Crippen LogP contribution < -0.4 is 19.7 Å². The Bertz CT molecular complexity index is 1660. The molecule has 2 amide bonds. The minimum atomic E-state index is -0.507. The number of hydrogen-bond acceptors (Lipinski definition) is 9. The molecule has 6 rings (SSSR count). The number of fused-ring (bicyclic) bond motifs is 1. The van der Waals surface area contributed by atoms with Crippen molar-refractivity contribution in [1.29, 1.82) is 0 Å². The van der Waals surface area contributed by atoms with Crippen molar-refractivity contribution in [2.75, 3.05) is 57.2 Å². The Morgan fingerprint density at radius 2 is 1.63 bits per heavy atom. The van der Waals surface area contributed by atoms with E-state index in [-0.39, 0.29) is 11.8 Å². The topological polar surface area (TPSA) is 100 Å². The molecule has 3 aromatic carbocycles. The number of anilines is 2. The van der Waals surface area contributed by atoms with Gasteiger partial charge in [-0.25, -0.2) is 4.98 Å². The van der Waals surface area contributed by atoms with Crippen LogP contribution in [0.25, 0.3) is 0 Å². The van der Waals surface area contributed by atoms with Gasteiger partial charge in [0, 0.05) is 51.2 Å². The van der Waals surface area contributed by atoms with Crippen molar-refractivity contribution < 1.29 is 19.1 Å². The van der Waals surface area contributed by atoms with Crippen molar-refractivity contribution in [3.63, 3.8) is 0 Å². The Morgan fingerprint density at radius 1 is 0.848 bits per heavy atom. The number of carbonyl (C=O) groups excluding carboxylic acids is 2. The zero-order valence-electron chi connectivity index (χ0n) is 26.6. The van der Waals surface area contributed by atoms with Crippen LogP contribution in [0, 0.1) is 0 Å². The van der Waals surface area contributed by atoms with E-state index in [1.54, 1.807) is 38.9 Å². The molecule has 10 heteroatoms. The van der Waals surface area contributed by atoms with E-state index < -0.39 is 6.04 Å². The number of nitrogens with zero attached hydrogens (tertiary/aromatic N) is 5. The van der Waals surface area contributed by atoms with Gasteiger partial charge < -0.3 is 19.7 Å². The molecular formula is C36H40N6O4. The summed E-state index contributed by atoms with van der Waals surface area (Å²) >= 11 is 0. The molecule has 10 nitrogen and oxygen atoms in total. The Balaban J connectivity index is 1.24. The fourth-order valence-corrected chi connectivity index (χ4v) is 6.53. The largest absolute Gasteiger partial charge is 0.493 e. The van der Waals surface area contributed by atoms with Crippen LogP contribution in [0.2, 0.25) is 0 Å². The number of piperazine rings is 1. The highest BCUT2D eigenvalue weighted by Gasteiger charge is 2.43. The summed E-state index contributed by atoms with van der Waals surface area (Å²) in [7, 11) is 3.16. The minimum Gasteiger partial charge on any atom is -0.493 e. The number of benzene rings is 3. The second kappa shape index (κ2) is 14.0. The fraction of sp³-hybridized carbons (Fsp3) is 0.333. The summed E-state index contributed by atoms with van der Waals surface area (Å²) in [4.78, 5) is 43.0. The maximum atomic E-state index is 14.4. The zero-order valence-corrected chi connectivity index (χ0v) is 26.6. The second-order valence-electron chi connectivity index (χ2n) is 11.6. The van der Waals surface area contributed by atoms with Gasteiger partial charge in [-0.2, -0.15) is 0 Å². The number of aromatic nitrogens is 2. The van der Waals surface area contributed by atoms with Crippen molar-refractivity contribution in [3.8, 4) is 11.5 Å². The molecule has 0 unspecified atom stereocenters. The van der Waals surface area contributed by atoms with Crippen molar-refractivity contribution in [1.82, 2.24) is 19.8 Å². The number of methoxy groups -OCH3 is 2. The van der Waals surface area contributed by atoms with Gasteiger partial charge in [-0.3, -0.25) is 24.4 Å². The predicted octanol–water partition coefficient (Wildman–Crippen LogP) is 5.61. The number of nitrogens with one attached hydrogen (secondary N) is 1. The summed E-state index contributed by atoms with van der Waals surface area (Å²) in [5.41, 5.74) is 3.85. The van der Waals surface area contributed by atoms with Crippen molar-refractivity contribution >= 4 is 23.3 Å². The Morgan fingerprint density at radius 3 is 2.35 bits per heavy atom. The quantitative estimate of drug-likeness (QED) is 0.160. The molecule has 1 saturated heterocycles. The van der Waals surface area contributed by atoms with Crippen LogP contribution in [0.5, 0.6) is 11.5 Å². The highest BCUT2D eigenvalue weighted by molar-refractivity contribution is 6.24. The highest BCUT2D eigenvalue weighted by atomic mass is 16.5. The van der Waals surface area contributed by atoms with Gasteiger partial charge in [0.05, 0.1) is 43.3 Å². The maximum Gasteiger partial charge on any atom is 0.264 e. The van der Waals surface area contributed by atoms with E-state index >= 15 is 0 Å². The maximum absolute atomic E-state index is 14.4. The lowest BCUT2D eigenvalue weighted by molar-refractivity contribution is 0.0572. The smallest absolute Gasteiger partial charge is 0.264 e. The zero-order chi connectivity index (χ0) is 32.0. The lowest BCUT2D eigenvalue weighted by Gasteiger charge is -2.39. The molecule has 2 aliphatic heterocycles. The fourth-order valence-electron chi connectivity index (χ4n) is 6.53. The number of imide groups is 1. The summed E-state index contributed by atoms with van der Waals surface area (Å²) in [5.74, 6) is 1.26. The average Bonchev–Trinajstić information content (AvgIpc) is 3.37.